The van der Waals surface area contributed by atoms with Crippen molar-refractivity contribution in [3.8, 4) is 0 Å². The molecular weight excluding hydrogens is 226 g/mol. The van der Waals surface area contributed by atoms with Gasteiger partial charge in [0.05, 0.1) is 6.04 Å². The van der Waals surface area contributed by atoms with Gasteiger partial charge in [0.2, 0.25) is 0 Å². The average molecular weight is 249 g/mol. The first-order valence-corrected chi connectivity index (χ1v) is 6.22. The summed E-state index contributed by atoms with van der Waals surface area (Å²) < 4.78 is 0. The quantitative estimate of drug-likeness (QED) is 0.471. The molecule has 1 atom stereocenters. The first-order chi connectivity index (χ1) is 8.45. The maximum absolute atomic E-state index is 11.8. The fourth-order valence-corrected chi connectivity index (χ4v) is 2.18. The summed E-state index contributed by atoms with van der Waals surface area (Å²) in [6.45, 7) is 6.83. The lowest BCUT2D eigenvalue weighted by atomic mass is 10.0. The van der Waals surface area contributed by atoms with Crippen LogP contribution >= 0.6 is 0 Å². The van der Waals surface area contributed by atoms with Crippen LogP contribution in [0.4, 0.5) is 0 Å². The number of aryl methyl sites for hydroxylation is 1. The predicted octanol–water partition coefficient (Wildman–Crippen LogP) is 1.44. The zero-order valence-electron chi connectivity index (χ0n) is 11.6. The Morgan fingerprint density at radius 1 is 1.33 bits per heavy atom. The highest BCUT2D eigenvalue weighted by molar-refractivity contribution is 5.81. The van der Waals surface area contributed by atoms with E-state index in [9.17, 15) is 4.79 Å². The van der Waals surface area contributed by atoms with E-state index < -0.39 is 0 Å². The monoisotopic (exact) mass is 249 g/mol. The van der Waals surface area contributed by atoms with Gasteiger partial charge < -0.3 is 0 Å². The fraction of sp³-hybridized carbons (Fsp3) is 0.500. The molecule has 1 amide bonds. The van der Waals surface area contributed by atoms with Gasteiger partial charge in [-0.25, -0.2) is 5.84 Å². The minimum absolute atomic E-state index is 0.139. The van der Waals surface area contributed by atoms with Gasteiger partial charge in [-0.2, -0.15) is 0 Å². The molecule has 1 aromatic rings. The zero-order valence-corrected chi connectivity index (χ0v) is 11.6. The van der Waals surface area contributed by atoms with E-state index in [1.807, 2.05) is 25.8 Å². The summed E-state index contributed by atoms with van der Waals surface area (Å²) in [4.78, 5) is 13.8. The third kappa shape index (κ3) is 3.82. The van der Waals surface area contributed by atoms with Crippen LogP contribution in [-0.2, 0) is 11.3 Å². The van der Waals surface area contributed by atoms with E-state index in [0.29, 0.717) is 0 Å². The molecule has 4 heteroatoms. The number of benzene rings is 1. The van der Waals surface area contributed by atoms with E-state index in [2.05, 4.69) is 36.6 Å². The van der Waals surface area contributed by atoms with Crippen molar-refractivity contribution in [1.82, 2.24) is 10.3 Å². The number of hydrazine groups is 1. The Hall–Kier alpha value is -1.39. The van der Waals surface area contributed by atoms with E-state index in [0.717, 1.165) is 6.54 Å². The number of hydrogen-bond acceptors (Lipinski definition) is 3. The van der Waals surface area contributed by atoms with Crippen LogP contribution in [0.1, 0.15) is 25.0 Å². The molecule has 0 spiro atoms. The van der Waals surface area contributed by atoms with E-state index >= 15 is 0 Å². The van der Waals surface area contributed by atoms with Crippen LogP contribution < -0.4 is 11.3 Å². The van der Waals surface area contributed by atoms with Crippen molar-refractivity contribution < 1.29 is 4.79 Å². The summed E-state index contributed by atoms with van der Waals surface area (Å²) >= 11 is 0. The van der Waals surface area contributed by atoms with Crippen LogP contribution in [0.5, 0.6) is 0 Å². The molecule has 0 heterocycles. The van der Waals surface area contributed by atoms with Crippen LogP contribution in [0.15, 0.2) is 24.3 Å². The number of nitrogens with one attached hydrogen (secondary N) is 1. The largest absolute Gasteiger partial charge is 0.293 e. The normalized spacial score (nSPS) is 12.8. The number of nitrogens with zero attached hydrogens (tertiary/aromatic N) is 1. The smallest absolute Gasteiger partial charge is 0.251 e. The second-order valence-electron chi connectivity index (χ2n) is 5.10. The van der Waals surface area contributed by atoms with Crippen LogP contribution in [0, 0.1) is 12.8 Å². The van der Waals surface area contributed by atoms with Crippen molar-refractivity contribution in [1.29, 1.82) is 0 Å². The van der Waals surface area contributed by atoms with Gasteiger partial charge in [-0.1, -0.05) is 43.7 Å². The number of likely N-dealkylation sites (N-methyl/N-ethyl adjacent to an activating group) is 1. The first-order valence-electron chi connectivity index (χ1n) is 6.22. The Balaban J connectivity index is 2.75. The topological polar surface area (TPSA) is 58.4 Å². The fourth-order valence-electron chi connectivity index (χ4n) is 2.18. The second-order valence-corrected chi connectivity index (χ2v) is 5.10. The van der Waals surface area contributed by atoms with Crippen LogP contribution in [0.3, 0.4) is 0 Å². The molecule has 0 fully saturated rings. The highest BCUT2D eigenvalue weighted by Crippen LogP contribution is 2.13. The molecule has 1 unspecified atom stereocenters. The lowest BCUT2D eigenvalue weighted by Crippen LogP contribution is -2.50. The van der Waals surface area contributed by atoms with Crippen molar-refractivity contribution in [2.45, 2.75) is 33.4 Å². The lowest BCUT2D eigenvalue weighted by molar-refractivity contribution is -0.127. The number of carbonyl (C=O) groups is 1. The molecule has 0 saturated carbocycles. The number of nitrogens with two attached hydrogens (primary N) is 1. The van der Waals surface area contributed by atoms with Crippen molar-refractivity contribution >= 4 is 5.91 Å². The minimum atomic E-state index is -0.212. The first kappa shape index (κ1) is 14.7. The van der Waals surface area contributed by atoms with Gasteiger partial charge in [0.1, 0.15) is 0 Å². The second kappa shape index (κ2) is 6.52. The van der Waals surface area contributed by atoms with Crippen molar-refractivity contribution in [2.24, 2.45) is 11.8 Å². The van der Waals surface area contributed by atoms with E-state index in [1.165, 1.54) is 11.1 Å². The molecule has 100 valence electrons. The van der Waals surface area contributed by atoms with Gasteiger partial charge in [0.25, 0.3) is 5.91 Å². The molecule has 0 bridgehead atoms. The van der Waals surface area contributed by atoms with Crippen LogP contribution in [0.25, 0.3) is 0 Å². The third-order valence-corrected chi connectivity index (χ3v) is 3.07. The van der Waals surface area contributed by atoms with Gasteiger partial charge in [0.15, 0.2) is 0 Å². The molecule has 0 saturated heterocycles. The Labute approximate surface area is 109 Å². The van der Waals surface area contributed by atoms with E-state index in [1.54, 1.807) is 0 Å². The summed E-state index contributed by atoms with van der Waals surface area (Å²) in [5.41, 5.74) is 4.67. The highest BCUT2D eigenvalue weighted by atomic mass is 16.2. The number of amides is 1. The molecule has 4 nitrogen and oxygen atoms in total. The molecule has 0 aliphatic heterocycles. The zero-order chi connectivity index (χ0) is 13.7. The van der Waals surface area contributed by atoms with Gasteiger partial charge in [-0.3, -0.25) is 15.1 Å². The molecular formula is C14H23N3O. The Morgan fingerprint density at radius 3 is 2.33 bits per heavy atom. The molecule has 0 aliphatic rings. The molecule has 0 aliphatic carbocycles. The maximum atomic E-state index is 11.8. The van der Waals surface area contributed by atoms with Crippen LogP contribution in [-0.4, -0.2) is 23.9 Å². The predicted molar refractivity (Wildman–Crippen MR) is 73.6 cm³/mol. The highest BCUT2D eigenvalue weighted by Gasteiger charge is 2.25. The van der Waals surface area contributed by atoms with Gasteiger partial charge in [0, 0.05) is 6.54 Å². The standard InChI is InChI=1S/C14H23N3O/c1-10(2)13(14(18)16-15)17(4)9-12-7-5-11(3)6-8-12/h5-8,10,13H,9,15H2,1-4H3,(H,16,18). The lowest BCUT2D eigenvalue weighted by Gasteiger charge is -2.29. The van der Waals surface area contributed by atoms with Crippen LogP contribution in [0.2, 0.25) is 0 Å². The summed E-state index contributed by atoms with van der Waals surface area (Å²) in [5, 5.41) is 0. The molecule has 3 N–H and O–H groups in total. The van der Waals surface area contributed by atoms with Gasteiger partial charge in [-0.05, 0) is 25.5 Å². The Kier molecular flexibility index (Phi) is 5.31. The summed E-state index contributed by atoms with van der Waals surface area (Å²) in [7, 11) is 1.94. The molecule has 0 radical (unpaired) electrons. The Bertz CT molecular complexity index is 387. The third-order valence-electron chi connectivity index (χ3n) is 3.07. The molecule has 1 aromatic carbocycles. The molecule has 1 rings (SSSR count). The summed E-state index contributed by atoms with van der Waals surface area (Å²) in [6, 6.07) is 8.12. The van der Waals surface area contributed by atoms with Crippen molar-refractivity contribution in [3.63, 3.8) is 0 Å². The number of carbonyl (C=O) groups excluding carboxylic acids is 1. The van der Waals surface area contributed by atoms with E-state index in [-0.39, 0.29) is 17.9 Å². The average Bonchev–Trinajstić information content (AvgIpc) is 2.31. The van der Waals surface area contributed by atoms with Gasteiger partial charge >= 0.3 is 0 Å². The minimum Gasteiger partial charge on any atom is -0.293 e. The Morgan fingerprint density at radius 2 is 1.89 bits per heavy atom. The van der Waals surface area contributed by atoms with E-state index in [4.69, 9.17) is 5.84 Å². The SMILES string of the molecule is Cc1ccc(CN(C)C(C(=O)NN)C(C)C)cc1. The van der Waals surface area contributed by atoms with Crippen molar-refractivity contribution in [2.75, 3.05) is 7.05 Å². The molecule has 0 aromatic heterocycles. The van der Waals surface area contributed by atoms with Crippen molar-refractivity contribution in [3.05, 3.63) is 35.4 Å². The number of rotatable bonds is 5. The van der Waals surface area contributed by atoms with Gasteiger partial charge in [-0.15, -0.1) is 0 Å². The number of hydrogen-bond donors (Lipinski definition) is 2. The summed E-state index contributed by atoms with van der Waals surface area (Å²) in [5.74, 6) is 5.31. The summed E-state index contributed by atoms with van der Waals surface area (Å²) in [6.07, 6.45) is 0. The maximum Gasteiger partial charge on any atom is 0.251 e. The molecule has 18 heavy (non-hydrogen) atoms.